The molecule has 1 heterocycles. The largest absolute Gasteiger partial charge is 0.513 e. The van der Waals surface area contributed by atoms with Crippen LogP contribution < -0.4 is 5.43 Å². The molecule has 3 aromatic rings. The van der Waals surface area contributed by atoms with E-state index in [4.69, 9.17) is 9.52 Å². The van der Waals surface area contributed by atoms with Crippen molar-refractivity contribution < 1.29 is 23.8 Å². The summed E-state index contributed by atoms with van der Waals surface area (Å²) in [5.41, 5.74) is 2.77. The highest BCUT2D eigenvalue weighted by Gasteiger charge is 2.16. The molecule has 0 aliphatic carbocycles. The molecule has 6 heteroatoms. The Morgan fingerprint density at radius 1 is 1.08 bits per heavy atom. The van der Waals surface area contributed by atoms with Crippen molar-refractivity contribution in [3.8, 4) is 0 Å². The third-order valence-corrected chi connectivity index (χ3v) is 4.00. The van der Waals surface area contributed by atoms with Crippen molar-refractivity contribution >= 4 is 34.1 Å². The number of hydrogen-bond donors (Lipinski definition) is 1. The fourth-order valence-electron chi connectivity index (χ4n) is 2.66. The van der Waals surface area contributed by atoms with Crippen molar-refractivity contribution in [2.45, 2.75) is 20.3 Å². The Labute approximate surface area is 136 Å². The van der Waals surface area contributed by atoms with Gasteiger partial charge in [0.15, 0.2) is 0 Å². The van der Waals surface area contributed by atoms with E-state index in [0.29, 0.717) is 21.9 Å². The van der Waals surface area contributed by atoms with E-state index in [9.17, 15) is 14.4 Å². The summed E-state index contributed by atoms with van der Waals surface area (Å²) in [5, 5.41) is 9.32. The first-order valence-corrected chi connectivity index (χ1v) is 7.26. The second-order valence-electron chi connectivity index (χ2n) is 5.53. The lowest BCUT2D eigenvalue weighted by atomic mass is 10.0. The van der Waals surface area contributed by atoms with Crippen molar-refractivity contribution in [3.05, 3.63) is 57.2 Å². The van der Waals surface area contributed by atoms with Gasteiger partial charge in [-0.25, -0.2) is 4.79 Å². The molecule has 0 bridgehead atoms. The Morgan fingerprint density at radius 3 is 2.50 bits per heavy atom. The van der Waals surface area contributed by atoms with Crippen LogP contribution >= 0.6 is 0 Å². The molecule has 0 saturated carbocycles. The van der Waals surface area contributed by atoms with Gasteiger partial charge < -0.3 is 14.3 Å². The van der Waals surface area contributed by atoms with Gasteiger partial charge in [-0.05, 0) is 37.1 Å². The van der Waals surface area contributed by atoms with E-state index in [1.54, 1.807) is 24.3 Å². The van der Waals surface area contributed by atoms with Crippen LogP contribution in [0.1, 0.15) is 16.7 Å². The average molecular weight is 326 g/mol. The number of fused-ring (bicyclic) bond motifs is 2. The summed E-state index contributed by atoms with van der Waals surface area (Å²) in [5.74, 6) is -0.932. The minimum Gasteiger partial charge on any atom is -0.455 e. The lowest BCUT2D eigenvalue weighted by molar-refractivity contribution is -0.138. The average Bonchev–Trinajstić information content (AvgIpc) is 2.51. The zero-order valence-corrected chi connectivity index (χ0v) is 13.1. The number of esters is 1. The van der Waals surface area contributed by atoms with Crippen LogP contribution in [-0.4, -0.2) is 17.2 Å². The van der Waals surface area contributed by atoms with Gasteiger partial charge in [0.25, 0.3) is 0 Å². The Kier molecular flexibility index (Phi) is 3.81. The molecule has 0 aliphatic heterocycles. The summed E-state index contributed by atoms with van der Waals surface area (Å²) in [6.07, 6.45) is -1.97. The van der Waals surface area contributed by atoms with E-state index in [2.05, 4.69) is 4.74 Å². The first-order chi connectivity index (χ1) is 11.4. The SMILES string of the molecule is Cc1ccc2c(=O)c3cccc(CC(=O)OC(=O)O)c3oc2c1C. The molecular formula is C18H14O6. The standard InChI is InChI=1S/C18H14O6/c1-9-6-7-13-15(20)12-5-3-4-11(8-14(19)23-18(21)22)17(12)24-16(13)10(9)2/h3-7H,8H2,1-2H3,(H,21,22). The molecule has 0 amide bonds. The maximum Gasteiger partial charge on any atom is 0.513 e. The van der Waals surface area contributed by atoms with E-state index in [0.717, 1.165) is 11.1 Å². The highest BCUT2D eigenvalue weighted by Crippen LogP contribution is 2.26. The number of carboxylic acid groups (broad SMARTS) is 1. The maximum atomic E-state index is 12.7. The molecule has 0 radical (unpaired) electrons. The first-order valence-electron chi connectivity index (χ1n) is 7.26. The summed E-state index contributed by atoms with van der Waals surface area (Å²) >= 11 is 0. The molecule has 2 aromatic carbocycles. The molecule has 0 atom stereocenters. The molecule has 0 aliphatic rings. The highest BCUT2D eigenvalue weighted by atomic mass is 16.7. The van der Waals surface area contributed by atoms with Gasteiger partial charge in [0, 0.05) is 5.56 Å². The number of rotatable bonds is 2. The van der Waals surface area contributed by atoms with Crippen LogP contribution in [0.3, 0.4) is 0 Å². The molecule has 1 N–H and O–H groups in total. The molecule has 0 spiro atoms. The maximum absolute atomic E-state index is 12.7. The van der Waals surface area contributed by atoms with Crippen LogP contribution in [-0.2, 0) is 16.0 Å². The van der Waals surface area contributed by atoms with Gasteiger partial charge in [-0.2, -0.15) is 0 Å². The van der Waals surface area contributed by atoms with E-state index in [1.165, 1.54) is 0 Å². The molecule has 6 nitrogen and oxygen atoms in total. The monoisotopic (exact) mass is 326 g/mol. The quantitative estimate of drug-likeness (QED) is 0.441. The van der Waals surface area contributed by atoms with E-state index < -0.39 is 12.1 Å². The number of benzene rings is 2. The lowest BCUT2D eigenvalue weighted by Crippen LogP contribution is -2.13. The molecule has 0 unspecified atom stereocenters. The van der Waals surface area contributed by atoms with E-state index >= 15 is 0 Å². The van der Waals surface area contributed by atoms with Gasteiger partial charge >= 0.3 is 12.1 Å². The zero-order chi connectivity index (χ0) is 17.4. The summed E-state index contributed by atoms with van der Waals surface area (Å²) in [6.45, 7) is 3.77. The predicted molar refractivity (Wildman–Crippen MR) is 87.3 cm³/mol. The van der Waals surface area contributed by atoms with Gasteiger partial charge in [-0.15, -0.1) is 0 Å². The van der Waals surface area contributed by atoms with Crippen LogP contribution in [0.25, 0.3) is 21.9 Å². The summed E-state index contributed by atoms with van der Waals surface area (Å²) in [6, 6.07) is 8.41. The number of carbonyl (C=O) groups is 2. The topological polar surface area (TPSA) is 93.8 Å². The molecule has 122 valence electrons. The fraction of sp³-hybridized carbons (Fsp3) is 0.167. The molecule has 3 rings (SSSR count). The first kappa shape index (κ1) is 15.7. The van der Waals surface area contributed by atoms with Crippen molar-refractivity contribution in [1.29, 1.82) is 0 Å². The van der Waals surface area contributed by atoms with Gasteiger partial charge in [0.1, 0.15) is 11.2 Å². The van der Waals surface area contributed by atoms with Crippen molar-refractivity contribution in [2.24, 2.45) is 0 Å². The molecule has 24 heavy (non-hydrogen) atoms. The molecule has 0 fully saturated rings. The van der Waals surface area contributed by atoms with Crippen LogP contribution in [0, 0.1) is 13.8 Å². The second kappa shape index (κ2) is 5.81. The van der Waals surface area contributed by atoms with Gasteiger partial charge in [0.05, 0.1) is 17.2 Å². The van der Waals surface area contributed by atoms with Gasteiger partial charge in [-0.3, -0.25) is 9.59 Å². The number of carbonyl (C=O) groups excluding carboxylic acids is 1. The third kappa shape index (κ3) is 2.62. The fourth-order valence-corrected chi connectivity index (χ4v) is 2.66. The minimum atomic E-state index is -1.67. The molecule has 1 aromatic heterocycles. The lowest BCUT2D eigenvalue weighted by Gasteiger charge is -2.09. The predicted octanol–water partition coefficient (Wildman–Crippen LogP) is 3.33. The van der Waals surface area contributed by atoms with E-state index in [1.807, 2.05) is 19.9 Å². The van der Waals surface area contributed by atoms with Crippen molar-refractivity contribution in [3.63, 3.8) is 0 Å². The van der Waals surface area contributed by atoms with Gasteiger partial charge in [0.2, 0.25) is 5.43 Å². The molecule has 0 saturated heterocycles. The Hall–Kier alpha value is -3.15. The van der Waals surface area contributed by atoms with E-state index in [-0.39, 0.29) is 17.4 Å². The van der Waals surface area contributed by atoms with Crippen LogP contribution in [0.2, 0.25) is 0 Å². The number of para-hydroxylation sites is 1. The summed E-state index contributed by atoms with van der Waals surface area (Å²) < 4.78 is 10.0. The third-order valence-electron chi connectivity index (χ3n) is 4.00. The van der Waals surface area contributed by atoms with Crippen molar-refractivity contribution in [2.75, 3.05) is 0 Å². The molecular weight excluding hydrogens is 312 g/mol. The summed E-state index contributed by atoms with van der Waals surface area (Å²) in [7, 11) is 0. The number of hydrogen-bond acceptors (Lipinski definition) is 5. The van der Waals surface area contributed by atoms with Crippen LogP contribution in [0.4, 0.5) is 4.79 Å². The zero-order valence-electron chi connectivity index (χ0n) is 13.1. The number of ether oxygens (including phenoxy) is 1. The number of aryl methyl sites for hydroxylation is 2. The normalized spacial score (nSPS) is 10.9. The second-order valence-corrected chi connectivity index (χ2v) is 5.53. The smallest absolute Gasteiger partial charge is 0.455 e. The van der Waals surface area contributed by atoms with Crippen LogP contribution in [0.15, 0.2) is 39.5 Å². The highest BCUT2D eigenvalue weighted by molar-refractivity contribution is 5.94. The van der Waals surface area contributed by atoms with Gasteiger partial charge in [-0.1, -0.05) is 18.2 Å². The summed E-state index contributed by atoms with van der Waals surface area (Å²) in [4.78, 5) is 34.8. The van der Waals surface area contributed by atoms with Crippen LogP contribution in [0.5, 0.6) is 0 Å². The Balaban J connectivity index is 2.25. The Morgan fingerprint density at radius 2 is 1.79 bits per heavy atom. The minimum absolute atomic E-state index is 0.192. The van der Waals surface area contributed by atoms with Crippen molar-refractivity contribution in [1.82, 2.24) is 0 Å². The Bertz CT molecular complexity index is 1040.